The van der Waals surface area contributed by atoms with E-state index in [1.165, 1.54) is 193 Å². The highest BCUT2D eigenvalue weighted by Gasteiger charge is 2.15. The molecule has 7 nitrogen and oxygen atoms in total. The van der Waals surface area contributed by atoms with Gasteiger partial charge in [-0.3, -0.25) is 0 Å². The zero-order valence-corrected chi connectivity index (χ0v) is 35.4. The summed E-state index contributed by atoms with van der Waals surface area (Å²) in [4.78, 5) is 12.1. The fourth-order valence-electron chi connectivity index (χ4n) is 6.67. The van der Waals surface area contributed by atoms with Crippen LogP contribution in [0.5, 0.6) is 0 Å². The Kier molecular flexibility index (Phi) is 43.7. The van der Waals surface area contributed by atoms with Crippen molar-refractivity contribution < 1.29 is 33.2 Å². The van der Waals surface area contributed by atoms with Gasteiger partial charge >= 0.3 is 6.16 Å². The Morgan fingerprint density at radius 1 is 0.346 bits per heavy atom. The van der Waals surface area contributed by atoms with Gasteiger partial charge in [-0.1, -0.05) is 206 Å². The third kappa shape index (κ3) is 40.3. The standard InChI is InChI=1S/C45H90O7/c1-5-7-9-11-13-15-17-19-21-23-25-27-29-31-33-35-37-49-39-43(47-3)41-51-45(46)52-42-44(48-4)40-50-38-36-34-32-30-28-26-24-22-20-18-16-14-12-10-8-6-2/h43-44H,5-42H2,1-4H3. The van der Waals surface area contributed by atoms with Crippen LogP contribution in [0.4, 0.5) is 4.79 Å². The number of methoxy groups -OCH3 is 2. The first kappa shape index (κ1) is 51.1. The molecule has 0 heterocycles. The molecular formula is C45H90O7. The van der Waals surface area contributed by atoms with Crippen LogP contribution in [0.2, 0.25) is 0 Å². The van der Waals surface area contributed by atoms with Crippen molar-refractivity contribution in [3.63, 3.8) is 0 Å². The number of unbranched alkanes of at least 4 members (excludes halogenated alkanes) is 30. The van der Waals surface area contributed by atoms with Crippen molar-refractivity contribution in [1.29, 1.82) is 0 Å². The maximum absolute atomic E-state index is 12.1. The third-order valence-electron chi connectivity index (χ3n) is 10.3. The van der Waals surface area contributed by atoms with Crippen molar-refractivity contribution in [2.45, 2.75) is 232 Å². The van der Waals surface area contributed by atoms with Crippen LogP contribution in [0.3, 0.4) is 0 Å². The number of hydrogen-bond acceptors (Lipinski definition) is 7. The SMILES string of the molecule is CCCCCCCCCCCCCCCCCCOCC(COC(=O)OCC(COCCCCCCCCCCCCCCCCCC)OC)OC. The van der Waals surface area contributed by atoms with Crippen molar-refractivity contribution in [2.24, 2.45) is 0 Å². The van der Waals surface area contributed by atoms with Gasteiger partial charge in [0, 0.05) is 27.4 Å². The highest BCUT2D eigenvalue weighted by molar-refractivity contribution is 5.59. The van der Waals surface area contributed by atoms with E-state index >= 15 is 0 Å². The number of hydrogen-bond donors (Lipinski definition) is 0. The summed E-state index contributed by atoms with van der Waals surface area (Å²) in [5.74, 6) is 0. The Bertz CT molecular complexity index is 622. The largest absolute Gasteiger partial charge is 0.508 e. The molecule has 0 amide bonds. The lowest BCUT2D eigenvalue weighted by Crippen LogP contribution is -2.29. The molecule has 0 aliphatic carbocycles. The molecule has 0 fully saturated rings. The van der Waals surface area contributed by atoms with Crippen molar-refractivity contribution in [3.8, 4) is 0 Å². The van der Waals surface area contributed by atoms with Crippen LogP contribution < -0.4 is 0 Å². The first-order valence-electron chi connectivity index (χ1n) is 22.7. The third-order valence-corrected chi connectivity index (χ3v) is 10.3. The first-order chi connectivity index (χ1) is 25.7. The van der Waals surface area contributed by atoms with Gasteiger partial charge in [0.15, 0.2) is 0 Å². The summed E-state index contributed by atoms with van der Waals surface area (Å²) in [5.41, 5.74) is 0. The maximum Gasteiger partial charge on any atom is 0.508 e. The molecule has 2 unspecified atom stereocenters. The predicted molar refractivity (Wildman–Crippen MR) is 220 cm³/mol. The van der Waals surface area contributed by atoms with Gasteiger partial charge in [-0.15, -0.1) is 0 Å². The number of rotatable bonds is 44. The van der Waals surface area contributed by atoms with Crippen molar-refractivity contribution in [1.82, 2.24) is 0 Å². The summed E-state index contributed by atoms with van der Waals surface area (Å²) in [6, 6.07) is 0. The molecule has 7 heteroatoms. The van der Waals surface area contributed by atoms with Crippen LogP contribution in [-0.2, 0) is 28.4 Å². The zero-order chi connectivity index (χ0) is 37.8. The molecule has 0 aliphatic heterocycles. The Hall–Kier alpha value is -0.890. The topological polar surface area (TPSA) is 72.5 Å². The Morgan fingerprint density at radius 2 is 0.577 bits per heavy atom. The van der Waals surface area contributed by atoms with Crippen molar-refractivity contribution in [3.05, 3.63) is 0 Å². The van der Waals surface area contributed by atoms with Crippen LogP contribution in [0, 0.1) is 0 Å². The lowest BCUT2D eigenvalue weighted by molar-refractivity contribution is -0.0567. The second-order valence-electron chi connectivity index (χ2n) is 15.3. The second-order valence-corrected chi connectivity index (χ2v) is 15.3. The summed E-state index contributed by atoms with van der Waals surface area (Å²) >= 11 is 0. The summed E-state index contributed by atoms with van der Waals surface area (Å²) in [7, 11) is 3.21. The zero-order valence-electron chi connectivity index (χ0n) is 35.4. The molecule has 312 valence electrons. The van der Waals surface area contributed by atoms with E-state index in [2.05, 4.69) is 13.8 Å². The van der Waals surface area contributed by atoms with Gasteiger partial charge in [-0.25, -0.2) is 4.79 Å². The lowest BCUT2D eigenvalue weighted by atomic mass is 10.0. The minimum atomic E-state index is -0.722. The molecule has 0 aromatic heterocycles. The molecule has 2 atom stereocenters. The molecule has 0 aromatic rings. The predicted octanol–water partition coefficient (Wildman–Crippen LogP) is 13.7. The normalized spacial score (nSPS) is 12.7. The van der Waals surface area contributed by atoms with Crippen LogP contribution in [0.1, 0.15) is 219 Å². The Labute approximate surface area is 324 Å². The van der Waals surface area contributed by atoms with E-state index in [1.54, 1.807) is 14.2 Å². The number of carbonyl (C=O) groups is 1. The number of carbonyl (C=O) groups excluding carboxylic acids is 1. The Balaban J connectivity index is 3.53. The molecule has 0 aromatic carbocycles. The van der Waals surface area contributed by atoms with E-state index in [-0.39, 0.29) is 25.4 Å². The van der Waals surface area contributed by atoms with E-state index in [4.69, 9.17) is 28.4 Å². The minimum Gasteiger partial charge on any atom is -0.431 e. The molecule has 0 aliphatic rings. The molecular weight excluding hydrogens is 652 g/mol. The second kappa shape index (κ2) is 44.5. The van der Waals surface area contributed by atoms with E-state index in [0.29, 0.717) is 26.4 Å². The Morgan fingerprint density at radius 3 is 0.808 bits per heavy atom. The van der Waals surface area contributed by atoms with E-state index in [1.807, 2.05) is 0 Å². The van der Waals surface area contributed by atoms with E-state index in [0.717, 1.165) is 12.8 Å². The van der Waals surface area contributed by atoms with Crippen molar-refractivity contribution >= 4 is 6.16 Å². The highest BCUT2D eigenvalue weighted by atomic mass is 16.7. The van der Waals surface area contributed by atoms with Crippen LogP contribution >= 0.6 is 0 Å². The fourth-order valence-corrected chi connectivity index (χ4v) is 6.67. The van der Waals surface area contributed by atoms with Crippen LogP contribution in [-0.4, -0.2) is 72.2 Å². The van der Waals surface area contributed by atoms with Gasteiger partial charge in [0.25, 0.3) is 0 Å². The van der Waals surface area contributed by atoms with Gasteiger partial charge in [0.2, 0.25) is 0 Å². The quantitative estimate of drug-likeness (QED) is 0.0454. The van der Waals surface area contributed by atoms with Gasteiger partial charge in [-0.05, 0) is 12.8 Å². The smallest absolute Gasteiger partial charge is 0.431 e. The minimum absolute atomic E-state index is 0.0989. The summed E-state index contributed by atoms with van der Waals surface area (Å²) < 4.78 is 32.9. The fraction of sp³-hybridized carbons (Fsp3) is 0.978. The van der Waals surface area contributed by atoms with E-state index in [9.17, 15) is 4.79 Å². The monoisotopic (exact) mass is 743 g/mol. The first-order valence-corrected chi connectivity index (χ1v) is 22.7. The average molecular weight is 743 g/mol. The van der Waals surface area contributed by atoms with Crippen LogP contribution in [0.25, 0.3) is 0 Å². The van der Waals surface area contributed by atoms with Crippen LogP contribution in [0.15, 0.2) is 0 Å². The molecule has 0 saturated heterocycles. The summed E-state index contributed by atoms with van der Waals surface area (Å²) in [5, 5.41) is 0. The van der Waals surface area contributed by atoms with Crippen molar-refractivity contribution in [2.75, 3.05) is 53.9 Å². The highest BCUT2D eigenvalue weighted by Crippen LogP contribution is 2.15. The van der Waals surface area contributed by atoms with Gasteiger partial charge in [-0.2, -0.15) is 0 Å². The molecule has 0 saturated carbocycles. The molecule has 0 rings (SSSR count). The maximum atomic E-state index is 12.1. The summed E-state index contributed by atoms with van der Waals surface area (Å²) in [6.45, 7) is 6.98. The average Bonchev–Trinajstić information content (AvgIpc) is 3.16. The lowest BCUT2D eigenvalue weighted by Gasteiger charge is -2.17. The van der Waals surface area contributed by atoms with Gasteiger partial charge in [0.1, 0.15) is 25.4 Å². The molecule has 0 N–H and O–H groups in total. The van der Waals surface area contributed by atoms with Gasteiger partial charge in [0.05, 0.1) is 13.2 Å². The molecule has 0 bridgehead atoms. The van der Waals surface area contributed by atoms with E-state index < -0.39 is 6.16 Å². The molecule has 0 spiro atoms. The molecule has 52 heavy (non-hydrogen) atoms. The molecule has 0 radical (unpaired) electrons. The summed E-state index contributed by atoms with van der Waals surface area (Å²) in [6.07, 6.45) is 42.1. The van der Waals surface area contributed by atoms with Gasteiger partial charge < -0.3 is 28.4 Å². The number of ether oxygens (including phenoxy) is 6.